The van der Waals surface area contributed by atoms with E-state index in [4.69, 9.17) is 11.6 Å². The number of benzene rings is 1. The van der Waals surface area contributed by atoms with Crippen LogP contribution in [0.5, 0.6) is 0 Å². The van der Waals surface area contributed by atoms with Crippen molar-refractivity contribution in [1.82, 2.24) is 5.32 Å². The Balaban J connectivity index is 1.66. The van der Waals surface area contributed by atoms with Gasteiger partial charge in [-0.1, -0.05) is 23.7 Å². The van der Waals surface area contributed by atoms with Gasteiger partial charge in [0.2, 0.25) is 5.91 Å². The number of halogens is 1. The molecule has 1 aromatic carbocycles. The van der Waals surface area contributed by atoms with Crippen LogP contribution in [0.3, 0.4) is 0 Å². The van der Waals surface area contributed by atoms with Gasteiger partial charge in [0.1, 0.15) is 0 Å². The van der Waals surface area contributed by atoms with E-state index in [1.165, 1.54) is 11.3 Å². The van der Waals surface area contributed by atoms with Crippen molar-refractivity contribution in [2.24, 2.45) is 5.92 Å². The SMILES string of the molecule is Cc1cc(NC(=O)C2CC2)sc1C(=O)N[C@H](C)c1ccc(Cl)cc1. The summed E-state index contributed by atoms with van der Waals surface area (Å²) in [4.78, 5) is 25.0. The predicted octanol–water partition coefficient (Wildman–Crippen LogP) is 4.55. The highest BCUT2D eigenvalue weighted by atomic mass is 35.5. The monoisotopic (exact) mass is 362 g/mol. The van der Waals surface area contributed by atoms with Gasteiger partial charge in [0, 0.05) is 10.9 Å². The number of amides is 2. The molecule has 0 bridgehead atoms. The summed E-state index contributed by atoms with van der Waals surface area (Å²) in [7, 11) is 0. The lowest BCUT2D eigenvalue weighted by Crippen LogP contribution is -2.26. The average Bonchev–Trinajstić information content (AvgIpc) is 3.32. The van der Waals surface area contributed by atoms with E-state index in [0.29, 0.717) is 9.90 Å². The second kappa shape index (κ2) is 6.95. The smallest absolute Gasteiger partial charge is 0.262 e. The van der Waals surface area contributed by atoms with Crippen LogP contribution in [0, 0.1) is 12.8 Å². The number of hydrogen-bond acceptors (Lipinski definition) is 3. The van der Waals surface area contributed by atoms with Crippen molar-refractivity contribution in [2.45, 2.75) is 32.7 Å². The molecular formula is C18H19ClN2O2S. The van der Waals surface area contributed by atoms with E-state index < -0.39 is 0 Å². The molecule has 2 N–H and O–H groups in total. The Morgan fingerprint density at radius 1 is 1.25 bits per heavy atom. The van der Waals surface area contributed by atoms with Crippen LogP contribution in [-0.2, 0) is 4.79 Å². The highest BCUT2D eigenvalue weighted by Gasteiger charge is 2.30. The molecule has 2 amide bonds. The van der Waals surface area contributed by atoms with Gasteiger partial charge in [0.05, 0.1) is 15.9 Å². The second-order valence-corrected chi connectivity index (χ2v) is 7.62. The standard InChI is InChI=1S/C18H19ClN2O2S/c1-10-9-15(21-17(22)13-3-4-13)24-16(10)18(23)20-11(2)12-5-7-14(19)8-6-12/h5-9,11,13H,3-4H2,1-2H3,(H,20,23)(H,21,22)/t11-/m1/s1. The van der Waals surface area contributed by atoms with Crippen molar-refractivity contribution < 1.29 is 9.59 Å². The molecule has 0 saturated heterocycles. The molecular weight excluding hydrogens is 344 g/mol. The third-order valence-corrected chi connectivity index (χ3v) is 5.44. The number of nitrogens with one attached hydrogen (secondary N) is 2. The fourth-order valence-corrected chi connectivity index (χ4v) is 3.54. The maximum Gasteiger partial charge on any atom is 0.262 e. The first-order valence-corrected chi connectivity index (χ1v) is 9.11. The summed E-state index contributed by atoms with van der Waals surface area (Å²) in [5.74, 6) is 0.0687. The van der Waals surface area contributed by atoms with E-state index in [1.54, 1.807) is 12.1 Å². The summed E-state index contributed by atoms with van der Waals surface area (Å²) in [5.41, 5.74) is 1.86. The molecule has 3 rings (SSSR count). The van der Waals surface area contributed by atoms with Gasteiger partial charge in [-0.05, 0) is 56.0 Å². The predicted molar refractivity (Wildman–Crippen MR) is 97.7 cm³/mol. The lowest BCUT2D eigenvalue weighted by atomic mass is 10.1. The molecule has 24 heavy (non-hydrogen) atoms. The third-order valence-electron chi connectivity index (χ3n) is 4.04. The van der Waals surface area contributed by atoms with Gasteiger partial charge >= 0.3 is 0 Å². The third kappa shape index (κ3) is 3.97. The van der Waals surface area contributed by atoms with Crippen LogP contribution in [0.25, 0.3) is 0 Å². The summed E-state index contributed by atoms with van der Waals surface area (Å²) in [5, 5.41) is 7.29. The van der Waals surface area contributed by atoms with Crippen molar-refractivity contribution in [3.05, 3.63) is 51.4 Å². The van der Waals surface area contributed by atoms with Crippen LogP contribution >= 0.6 is 22.9 Å². The number of carbonyl (C=O) groups is 2. The molecule has 2 aromatic rings. The second-order valence-electron chi connectivity index (χ2n) is 6.13. The zero-order valence-corrected chi connectivity index (χ0v) is 15.1. The van der Waals surface area contributed by atoms with Crippen molar-refractivity contribution >= 4 is 39.8 Å². The molecule has 6 heteroatoms. The van der Waals surface area contributed by atoms with Crippen LogP contribution in [0.2, 0.25) is 5.02 Å². The van der Waals surface area contributed by atoms with Gasteiger partial charge in [-0.15, -0.1) is 11.3 Å². The van der Waals surface area contributed by atoms with Gasteiger partial charge in [-0.3, -0.25) is 9.59 Å². The summed E-state index contributed by atoms with van der Waals surface area (Å²) in [6.45, 7) is 3.81. The quantitative estimate of drug-likeness (QED) is 0.819. The molecule has 0 unspecified atom stereocenters. The molecule has 1 aliphatic rings. The van der Waals surface area contributed by atoms with Crippen LogP contribution in [-0.4, -0.2) is 11.8 Å². The van der Waals surface area contributed by atoms with E-state index >= 15 is 0 Å². The number of aryl methyl sites for hydroxylation is 1. The van der Waals surface area contributed by atoms with Crippen molar-refractivity contribution in [1.29, 1.82) is 0 Å². The molecule has 126 valence electrons. The molecule has 0 spiro atoms. The Bertz CT molecular complexity index is 766. The molecule has 1 aromatic heterocycles. The van der Waals surface area contributed by atoms with Gasteiger partial charge in [-0.25, -0.2) is 0 Å². The summed E-state index contributed by atoms with van der Waals surface area (Å²) < 4.78 is 0. The largest absolute Gasteiger partial charge is 0.345 e. The Morgan fingerprint density at radius 3 is 2.54 bits per heavy atom. The van der Waals surface area contributed by atoms with Crippen molar-refractivity contribution in [2.75, 3.05) is 5.32 Å². The first-order chi connectivity index (χ1) is 11.4. The lowest BCUT2D eigenvalue weighted by molar-refractivity contribution is -0.117. The molecule has 0 radical (unpaired) electrons. The lowest BCUT2D eigenvalue weighted by Gasteiger charge is -2.14. The zero-order valence-electron chi connectivity index (χ0n) is 13.6. The van der Waals surface area contributed by atoms with Gasteiger partial charge < -0.3 is 10.6 Å². The molecule has 1 atom stereocenters. The first kappa shape index (κ1) is 17.0. The Kier molecular flexibility index (Phi) is 4.92. The molecule has 1 fully saturated rings. The fourth-order valence-electron chi connectivity index (χ4n) is 2.44. The number of hydrogen-bond donors (Lipinski definition) is 2. The van der Waals surface area contributed by atoms with Gasteiger partial charge in [0.25, 0.3) is 5.91 Å². The van der Waals surface area contributed by atoms with Crippen LogP contribution in [0.4, 0.5) is 5.00 Å². The summed E-state index contributed by atoms with van der Waals surface area (Å²) in [6.07, 6.45) is 1.92. The van der Waals surface area contributed by atoms with E-state index in [2.05, 4.69) is 10.6 Å². The number of rotatable bonds is 5. The minimum atomic E-state index is -0.133. The highest BCUT2D eigenvalue weighted by Crippen LogP contribution is 2.33. The van der Waals surface area contributed by atoms with Crippen molar-refractivity contribution in [3.63, 3.8) is 0 Å². The first-order valence-electron chi connectivity index (χ1n) is 7.91. The molecule has 4 nitrogen and oxygen atoms in total. The van der Waals surface area contributed by atoms with Crippen LogP contribution in [0.1, 0.15) is 46.6 Å². The van der Waals surface area contributed by atoms with E-state index in [1.807, 2.05) is 32.0 Å². The molecule has 1 heterocycles. The van der Waals surface area contributed by atoms with E-state index in [0.717, 1.165) is 29.0 Å². The molecule has 1 saturated carbocycles. The molecule has 1 aliphatic carbocycles. The Morgan fingerprint density at radius 2 is 1.92 bits per heavy atom. The number of thiophene rings is 1. The minimum absolute atomic E-state index is 0.0535. The average molecular weight is 363 g/mol. The van der Waals surface area contributed by atoms with Gasteiger partial charge in [0.15, 0.2) is 0 Å². The zero-order chi connectivity index (χ0) is 17.3. The topological polar surface area (TPSA) is 58.2 Å². The normalized spacial score (nSPS) is 15.0. The summed E-state index contributed by atoms with van der Waals surface area (Å²) >= 11 is 7.21. The van der Waals surface area contributed by atoms with E-state index in [-0.39, 0.29) is 23.8 Å². The van der Waals surface area contributed by atoms with Gasteiger partial charge in [-0.2, -0.15) is 0 Å². The van der Waals surface area contributed by atoms with Crippen LogP contribution < -0.4 is 10.6 Å². The van der Waals surface area contributed by atoms with Crippen LogP contribution in [0.15, 0.2) is 30.3 Å². The van der Waals surface area contributed by atoms with E-state index in [9.17, 15) is 9.59 Å². The number of anilines is 1. The highest BCUT2D eigenvalue weighted by molar-refractivity contribution is 7.18. The Hall–Kier alpha value is -1.85. The van der Waals surface area contributed by atoms with Crippen molar-refractivity contribution in [3.8, 4) is 0 Å². The molecule has 0 aliphatic heterocycles. The number of carbonyl (C=O) groups excluding carboxylic acids is 2. The summed E-state index contributed by atoms with van der Waals surface area (Å²) in [6, 6.07) is 9.14. The Labute approximate surface area is 150 Å². The maximum absolute atomic E-state index is 12.5. The fraction of sp³-hybridized carbons (Fsp3) is 0.333. The minimum Gasteiger partial charge on any atom is -0.345 e. The maximum atomic E-state index is 12.5.